The van der Waals surface area contributed by atoms with Crippen LogP contribution in [0.4, 0.5) is 5.69 Å². The van der Waals surface area contributed by atoms with Crippen molar-refractivity contribution in [2.45, 2.75) is 26.7 Å². The van der Waals surface area contributed by atoms with E-state index in [1.807, 2.05) is 38.1 Å². The lowest BCUT2D eigenvalue weighted by molar-refractivity contribution is -0.115. The van der Waals surface area contributed by atoms with E-state index in [9.17, 15) is 4.79 Å². The summed E-state index contributed by atoms with van der Waals surface area (Å²) in [6.07, 6.45) is 0.628. The largest absolute Gasteiger partial charge is 0.326 e. The standard InChI is InChI=1S/C17H17N3O/c1-12-9-13(2)19-16(10-12)11-17(21)20-15-5-3-14(4-6-15)7-8-18/h3-6,9-10H,7,11H2,1-2H3,(H,20,21). The van der Waals surface area contributed by atoms with Crippen LogP contribution < -0.4 is 5.32 Å². The number of hydrogen-bond acceptors (Lipinski definition) is 3. The van der Waals surface area contributed by atoms with Crippen molar-refractivity contribution in [2.75, 3.05) is 5.32 Å². The number of carbonyl (C=O) groups is 1. The van der Waals surface area contributed by atoms with E-state index < -0.39 is 0 Å². The second-order valence-electron chi connectivity index (χ2n) is 5.03. The minimum atomic E-state index is -0.0967. The van der Waals surface area contributed by atoms with Gasteiger partial charge in [0.1, 0.15) is 0 Å². The fourth-order valence-corrected chi connectivity index (χ4v) is 2.18. The van der Waals surface area contributed by atoms with Crippen molar-refractivity contribution in [1.29, 1.82) is 5.26 Å². The third-order valence-corrected chi connectivity index (χ3v) is 3.01. The van der Waals surface area contributed by atoms with Crippen molar-refractivity contribution in [3.63, 3.8) is 0 Å². The Labute approximate surface area is 124 Å². The number of anilines is 1. The predicted octanol–water partition coefficient (Wildman–Crippen LogP) is 2.95. The van der Waals surface area contributed by atoms with Crippen LogP contribution >= 0.6 is 0 Å². The van der Waals surface area contributed by atoms with Gasteiger partial charge in [-0.25, -0.2) is 0 Å². The van der Waals surface area contributed by atoms with E-state index >= 15 is 0 Å². The molecular weight excluding hydrogens is 262 g/mol. The van der Waals surface area contributed by atoms with Gasteiger partial charge in [0, 0.05) is 11.4 Å². The zero-order chi connectivity index (χ0) is 15.2. The van der Waals surface area contributed by atoms with Crippen LogP contribution in [0.5, 0.6) is 0 Å². The molecule has 0 aliphatic heterocycles. The van der Waals surface area contributed by atoms with Gasteiger partial charge in [-0.2, -0.15) is 5.26 Å². The fourth-order valence-electron chi connectivity index (χ4n) is 2.18. The molecule has 0 aliphatic rings. The summed E-state index contributed by atoms with van der Waals surface area (Å²) >= 11 is 0. The molecule has 1 aromatic heterocycles. The number of carbonyl (C=O) groups excluding carboxylic acids is 1. The average molecular weight is 279 g/mol. The summed E-state index contributed by atoms with van der Waals surface area (Å²) in [6.45, 7) is 3.91. The molecule has 1 heterocycles. The number of hydrogen-bond donors (Lipinski definition) is 1. The molecule has 4 heteroatoms. The zero-order valence-electron chi connectivity index (χ0n) is 12.2. The lowest BCUT2D eigenvalue weighted by atomic mass is 10.1. The Morgan fingerprint density at radius 2 is 1.95 bits per heavy atom. The number of nitriles is 1. The van der Waals surface area contributed by atoms with E-state index in [2.05, 4.69) is 16.4 Å². The molecule has 2 aromatic rings. The van der Waals surface area contributed by atoms with Crippen molar-refractivity contribution < 1.29 is 4.79 Å². The summed E-state index contributed by atoms with van der Waals surface area (Å²) in [7, 11) is 0. The Morgan fingerprint density at radius 1 is 1.24 bits per heavy atom. The van der Waals surface area contributed by atoms with E-state index in [1.165, 1.54) is 0 Å². The molecule has 1 N–H and O–H groups in total. The number of pyridine rings is 1. The highest BCUT2D eigenvalue weighted by atomic mass is 16.1. The smallest absolute Gasteiger partial charge is 0.230 e. The zero-order valence-corrected chi connectivity index (χ0v) is 12.2. The summed E-state index contributed by atoms with van der Waals surface area (Å²) < 4.78 is 0. The first-order valence-electron chi connectivity index (χ1n) is 6.77. The Morgan fingerprint density at radius 3 is 2.57 bits per heavy atom. The van der Waals surface area contributed by atoms with Gasteiger partial charge in [-0.05, 0) is 49.2 Å². The Bertz CT molecular complexity index is 664. The van der Waals surface area contributed by atoms with Crippen molar-refractivity contribution >= 4 is 11.6 Å². The molecule has 1 amide bonds. The lowest BCUT2D eigenvalue weighted by Gasteiger charge is -2.07. The number of aryl methyl sites for hydroxylation is 2. The molecule has 0 aliphatic carbocycles. The van der Waals surface area contributed by atoms with Gasteiger partial charge >= 0.3 is 0 Å². The van der Waals surface area contributed by atoms with E-state index in [1.54, 1.807) is 12.1 Å². The number of amides is 1. The van der Waals surface area contributed by atoms with Crippen LogP contribution in [-0.4, -0.2) is 10.9 Å². The maximum Gasteiger partial charge on any atom is 0.230 e. The summed E-state index contributed by atoms with van der Waals surface area (Å²) in [5, 5.41) is 11.5. The van der Waals surface area contributed by atoms with Gasteiger partial charge in [-0.15, -0.1) is 0 Å². The maximum absolute atomic E-state index is 12.0. The molecule has 0 spiro atoms. The Kier molecular flexibility index (Phi) is 4.68. The van der Waals surface area contributed by atoms with Crippen molar-refractivity contribution in [3.8, 4) is 6.07 Å². The SMILES string of the molecule is Cc1cc(C)nc(CC(=O)Nc2ccc(CC#N)cc2)c1. The number of benzene rings is 1. The van der Waals surface area contributed by atoms with Gasteiger partial charge in [-0.3, -0.25) is 9.78 Å². The fraction of sp³-hybridized carbons (Fsp3) is 0.235. The molecule has 0 atom stereocenters. The van der Waals surface area contributed by atoms with E-state index in [0.717, 1.165) is 28.2 Å². The monoisotopic (exact) mass is 279 g/mol. The number of nitrogens with zero attached hydrogens (tertiary/aromatic N) is 2. The summed E-state index contributed by atoms with van der Waals surface area (Å²) in [5.41, 5.74) is 4.45. The summed E-state index contributed by atoms with van der Waals surface area (Å²) in [5.74, 6) is -0.0967. The minimum absolute atomic E-state index is 0.0967. The third-order valence-electron chi connectivity index (χ3n) is 3.01. The van der Waals surface area contributed by atoms with E-state index in [0.29, 0.717) is 6.42 Å². The van der Waals surface area contributed by atoms with Crippen LogP contribution in [0.3, 0.4) is 0 Å². The van der Waals surface area contributed by atoms with E-state index in [4.69, 9.17) is 5.26 Å². The first kappa shape index (κ1) is 14.7. The second-order valence-corrected chi connectivity index (χ2v) is 5.03. The highest BCUT2D eigenvalue weighted by molar-refractivity contribution is 5.92. The molecule has 0 saturated carbocycles. The van der Waals surface area contributed by atoms with Gasteiger partial charge in [0.05, 0.1) is 24.6 Å². The van der Waals surface area contributed by atoms with Crippen LogP contribution in [0.25, 0.3) is 0 Å². The average Bonchev–Trinajstić information content (AvgIpc) is 2.40. The molecule has 0 saturated heterocycles. The van der Waals surface area contributed by atoms with Crippen LogP contribution in [0.1, 0.15) is 22.5 Å². The summed E-state index contributed by atoms with van der Waals surface area (Å²) in [6, 6.07) is 13.3. The molecule has 0 radical (unpaired) electrons. The number of rotatable bonds is 4. The van der Waals surface area contributed by atoms with Crippen molar-refractivity contribution in [3.05, 3.63) is 58.9 Å². The third kappa shape index (κ3) is 4.43. The molecule has 21 heavy (non-hydrogen) atoms. The molecular formula is C17H17N3O. The second kappa shape index (κ2) is 6.67. The molecule has 0 bridgehead atoms. The molecule has 2 rings (SSSR count). The number of aromatic nitrogens is 1. The maximum atomic E-state index is 12.0. The lowest BCUT2D eigenvalue weighted by Crippen LogP contribution is -2.15. The summed E-state index contributed by atoms with van der Waals surface area (Å²) in [4.78, 5) is 16.4. The molecule has 106 valence electrons. The molecule has 0 fully saturated rings. The Balaban J connectivity index is 1.99. The number of nitrogens with one attached hydrogen (secondary N) is 1. The van der Waals surface area contributed by atoms with Crippen molar-refractivity contribution in [2.24, 2.45) is 0 Å². The van der Waals surface area contributed by atoms with Gasteiger partial charge in [0.2, 0.25) is 5.91 Å². The Hall–Kier alpha value is -2.67. The van der Waals surface area contributed by atoms with E-state index in [-0.39, 0.29) is 12.3 Å². The molecule has 1 aromatic carbocycles. The topological polar surface area (TPSA) is 65.8 Å². The predicted molar refractivity (Wildman–Crippen MR) is 81.8 cm³/mol. The van der Waals surface area contributed by atoms with Crippen LogP contribution in [-0.2, 0) is 17.6 Å². The highest BCUT2D eigenvalue weighted by Gasteiger charge is 2.06. The van der Waals surface area contributed by atoms with Gasteiger partial charge < -0.3 is 5.32 Å². The highest BCUT2D eigenvalue weighted by Crippen LogP contribution is 2.11. The normalized spacial score (nSPS) is 9.95. The van der Waals surface area contributed by atoms with Gasteiger partial charge in [0.15, 0.2) is 0 Å². The minimum Gasteiger partial charge on any atom is -0.326 e. The molecule has 4 nitrogen and oxygen atoms in total. The first-order valence-corrected chi connectivity index (χ1v) is 6.77. The molecule has 0 unspecified atom stereocenters. The van der Waals surface area contributed by atoms with Crippen LogP contribution in [0.2, 0.25) is 0 Å². The van der Waals surface area contributed by atoms with Crippen LogP contribution in [0.15, 0.2) is 36.4 Å². The van der Waals surface area contributed by atoms with Gasteiger partial charge in [0.25, 0.3) is 0 Å². The quantitative estimate of drug-likeness (QED) is 0.935. The van der Waals surface area contributed by atoms with Crippen molar-refractivity contribution in [1.82, 2.24) is 4.98 Å². The van der Waals surface area contributed by atoms with Crippen LogP contribution in [0, 0.1) is 25.2 Å². The first-order chi connectivity index (χ1) is 10.1. The van der Waals surface area contributed by atoms with Gasteiger partial charge in [-0.1, -0.05) is 12.1 Å².